The highest BCUT2D eigenvalue weighted by atomic mass is 35.5. The third-order valence-electron chi connectivity index (χ3n) is 5.96. The summed E-state index contributed by atoms with van der Waals surface area (Å²) in [5.74, 6) is 1.91. The maximum Gasteiger partial charge on any atom is 0.141 e. The molecule has 1 N–H and O–H groups in total. The predicted octanol–water partition coefficient (Wildman–Crippen LogP) is 4.58. The van der Waals surface area contributed by atoms with Gasteiger partial charge in [0.15, 0.2) is 0 Å². The van der Waals surface area contributed by atoms with Gasteiger partial charge in [0.2, 0.25) is 0 Å². The summed E-state index contributed by atoms with van der Waals surface area (Å²) in [6.45, 7) is 4.79. The third-order valence-corrected chi connectivity index (χ3v) is 7.33. The summed E-state index contributed by atoms with van der Waals surface area (Å²) in [6.07, 6.45) is 1.68. The molecule has 1 aliphatic heterocycles. The third kappa shape index (κ3) is 4.28. The predicted molar refractivity (Wildman–Crippen MR) is 132 cm³/mol. The summed E-state index contributed by atoms with van der Waals surface area (Å²) in [5.41, 5.74) is 3.44. The summed E-state index contributed by atoms with van der Waals surface area (Å²) in [7, 11) is 1.71. The monoisotopic (exact) mass is 485 g/mol. The Balaban J connectivity index is 1.37. The molecular formula is C24H23Cl2N4OS+. The molecule has 0 aliphatic carbocycles. The van der Waals surface area contributed by atoms with Crippen LogP contribution in [0.15, 0.2) is 54.2 Å². The Kier molecular flexibility index (Phi) is 6.20. The van der Waals surface area contributed by atoms with Crippen LogP contribution in [0.5, 0.6) is 5.75 Å². The quantitative estimate of drug-likeness (QED) is 0.449. The summed E-state index contributed by atoms with van der Waals surface area (Å²) >= 11 is 14.0. The van der Waals surface area contributed by atoms with Gasteiger partial charge in [-0.15, -0.1) is 11.3 Å². The molecule has 0 spiro atoms. The molecule has 0 amide bonds. The van der Waals surface area contributed by atoms with Gasteiger partial charge in [0, 0.05) is 26.6 Å². The van der Waals surface area contributed by atoms with E-state index in [-0.39, 0.29) is 0 Å². The number of aromatic nitrogens is 2. The van der Waals surface area contributed by atoms with Gasteiger partial charge in [0.25, 0.3) is 0 Å². The molecule has 8 heteroatoms. The van der Waals surface area contributed by atoms with E-state index in [9.17, 15) is 0 Å². The molecule has 2 aromatic carbocycles. The van der Waals surface area contributed by atoms with E-state index in [0.29, 0.717) is 0 Å². The number of halogens is 2. The summed E-state index contributed by atoms with van der Waals surface area (Å²) in [5, 5.41) is 4.77. The molecule has 3 heterocycles. The molecule has 0 radical (unpaired) electrons. The zero-order chi connectivity index (χ0) is 22.1. The van der Waals surface area contributed by atoms with Crippen LogP contribution in [0.3, 0.4) is 0 Å². The highest BCUT2D eigenvalue weighted by Gasteiger charge is 2.25. The van der Waals surface area contributed by atoms with E-state index in [1.807, 2.05) is 30.3 Å². The van der Waals surface area contributed by atoms with Crippen molar-refractivity contribution in [3.63, 3.8) is 0 Å². The van der Waals surface area contributed by atoms with E-state index in [2.05, 4.69) is 27.4 Å². The van der Waals surface area contributed by atoms with E-state index >= 15 is 0 Å². The second-order valence-corrected chi connectivity index (χ2v) is 9.63. The molecule has 0 atom stereocenters. The van der Waals surface area contributed by atoms with Gasteiger partial charge in [-0.1, -0.05) is 35.3 Å². The summed E-state index contributed by atoms with van der Waals surface area (Å²) in [6, 6.07) is 13.8. The number of thiophene rings is 1. The fraction of sp³-hybridized carbons (Fsp3) is 0.250. The van der Waals surface area contributed by atoms with Crippen molar-refractivity contribution in [2.45, 2.75) is 6.54 Å². The fourth-order valence-electron chi connectivity index (χ4n) is 4.31. The van der Waals surface area contributed by atoms with Gasteiger partial charge in [-0.25, -0.2) is 9.97 Å². The minimum absolute atomic E-state index is 0.736. The van der Waals surface area contributed by atoms with E-state index in [1.165, 1.54) is 4.90 Å². The van der Waals surface area contributed by atoms with Crippen LogP contribution in [-0.2, 0) is 6.54 Å². The molecule has 164 valence electrons. The first-order valence-corrected chi connectivity index (χ1v) is 12.1. The highest BCUT2D eigenvalue weighted by molar-refractivity contribution is 7.17. The number of methoxy groups -OCH3 is 1. The van der Waals surface area contributed by atoms with Gasteiger partial charge in [-0.2, -0.15) is 0 Å². The minimum atomic E-state index is 0.736. The van der Waals surface area contributed by atoms with Crippen molar-refractivity contribution in [2.24, 2.45) is 0 Å². The zero-order valence-corrected chi connectivity index (χ0v) is 20.0. The van der Waals surface area contributed by atoms with Gasteiger partial charge in [-0.05, 0) is 35.9 Å². The summed E-state index contributed by atoms with van der Waals surface area (Å²) < 4.78 is 5.53. The molecule has 4 aromatic rings. The Morgan fingerprint density at radius 3 is 2.53 bits per heavy atom. The maximum absolute atomic E-state index is 6.22. The first-order chi connectivity index (χ1) is 15.6. The lowest BCUT2D eigenvalue weighted by atomic mass is 10.1. The number of rotatable bonds is 5. The number of benzene rings is 2. The summed E-state index contributed by atoms with van der Waals surface area (Å²) in [4.78, 5) is 14.1. The first-order valence-electron chi connectivity index (χ1n) is 10.5. The zero-order valence-electron chi connectivity index (χ0n) is 17.6. The number of quaternary nitrogens is 1. The van der Waals surface area contributed by atoms with E-state index in [0.717, 1.165) is 81.2 Å². The number of ether oxygens (including phenoxy) is 1. The Labute approximate surface area is 201 Å². The number of piperazine rings is 1. The first kappa shape index (κ1) is 21.5. The largest absolute Gasteiger partial charge is 0.496 e. The molecule has 2 aromatic heterocycles. The molecule has 0 saturated carbocycles. The van der Waals surface area contributed by atoms with Crippen LogP contribution in [0.2, 0.25) is 10.0 Å². The Morgan fingerprint density at radius 1 is 1.03 bits per heavy atom. The van der Waals surface area contributed by atoms with Gasteiger partial charge in [-0.3, -0.25) is 0 Å². The molecule has 5 nitrogen and oxygen atoms in total. The van der Waals surface area contributed by atoms with Crippen molar-refractivity contribution < 1.29 is 9.64 Å². The molecule has 32 heavy (non-hydrogen) atoms. The van der Waals surface area contributed by atoms with Crippen LogP contribution in [0.25, 0.3) is 21.3 Å². The number of anilines is 1. The molecule has 1 fully saturated rings. The van der Waals surface area contributed by atoms with Crippen LogP contribution in [0.4, 0.5) is 5.82 Å². The van der Waals surface area contributed by atoms with Crippen molar-refractivity contribution in [2.75, 3.05) is 38.2 Å². The second-order valence-electron chi connectivity index (χ2n) is 7.90. The SMILES string of the molecule is COc1ccc(Cl)cc1C[NH+]1CCN(c2ncnc3scc(-c4ccc(Cl)cc4)c23)CC1. The van der Waals surface area contributed by atoms with E-state index in [1.54, 1.807) is 24.8 Å². The lowest BCUT2D eigenvalue weighted by molar-refractivity contribution is -0.914. The average Bonchev–Trinajstić information content (AvgIpc) is 3.25. The lowest BCUT2D eigenvalue weighted by Gasteiger charge is -2.33. The maximum atomic E-state index is 6.22. The topological polar surface area (TPSA) is 42.7 Å². The van der Waals surface area contributed by atoms with Crippen molar-refractivity contribution in [1.29, 1.82) is 0 Å². The number of nitrogens with zero attached hydrogens (tertiary/aromatic N) is 3. The average molecular weight is 486 g/mol. The van der Waals surface area contributed by atoms with Gasteiger partial charge >= 0.3 is 0 Å². The fourth-order valence-corrected chi connectivity index (χ4v) is 5.54. The van der Waals surface area contributed by atoms with E-state index < -0.39 is 0 Å². The molecular weight excluding hydrogens is 463 g/mol. The molecule has 1 aliphatic rings. The van der Waals surface area contributed by atoms with Gasteiger partial charge in [0.05, 0.1) is 38.7 Å². The number of fused-ring (bicyclic) bond motifs is 1. The van der Waals surface area contributed by atoms with Crippen molar-refractivity contribution >= 4 is 50.6 Å². The lowest BCUT2D eigenvalue weighted by Crippen LogP contribution is -3.13. The number of nitrogens with one attached hydrogen (secondary N) is 1. The van der Waals surface area contributed by atoms with Gasteiger partial charge < -0.3 is 14.5 Å². The van der Waals surface area contributed by atoms with Crippen LogP contribution in [0, 0.1) is 0 Å². The van der Waals surface area contributed by atoms with Crippen LogP contribution >= 0.6 is 34.5 Å². The molecule has 0 unspecified atom stereocenters. The van der Waals surface area contributed by atoms with Crippen LogP contribution in [-0.4, -0.2) is 43.3 Å². The highest BCUT2D eigenvalue weighted by Crippen LogP contribution is 2.38. The van der Waals surface area contributed by atoms with Crippen LogP contribution < -0.4 is 14.5 Å². The Hall–Kier alpha value is -2.38. The normalized spacial score (nSPS) is 14.8. The molecule has 0 bridgehead atoms. The molecule has 5 rings (SSSR count). The van der Waals surface area contributed by atoms with Crippen molar-refractivity contribution in [1.82, 2.24) is 9.97 Å². The number of hydrogen-bond acceptors (Lipinski definition) is 5. The smallest absolute Gasteiger partial charge is 0.141 e. The van der Waals surface area contributed by atoms with Crippen LogP contribution in [0.1, 0.15) is 5.56 Å². The molecule has 1 saturated heterocycles. The second kappa shape index (κ2) is 9.24. The number of hydrogen-bond donors (Lipinski definition) is 1. The van der Waals surface area contributed by atoms with E-state index in [4.69, 9.17) is 32.9 Å². The standard InChI is InChI=1S/C24H22Cl2N4OS/c1-31-21-7-6-19(26)12-17(21)13-29-8-10-30(11-9-29)23-22-20(14-32-24(22)28-15-27-23)16-2-4-18(25)5-3-16/h2-7,12,14-15H,8-11,13H2,1H3/p+1. The van der Waals surface area contributed by atoms with Crippen molar-refractivity contribution in [3.8, 4) is 16.9 Å². The van der Waals surface area contributed by atoms with Gasteiger partial charge in [0.1, 0.15) is 29.3 Å². The minimum Gasteiger partial charge on any atom is -0.496 e. The Morgan fingerprint density at radius 2 is 1.78 bits per heavy atom. The van der Waals surface area contributed by atoms with Crippen molar-refractivity contribution in [3.05, 3.63) is 69.8 Å². The Bertz CT molecular complexity index is 1240.